The highest BCUT2D eigenvalue weighted by Crippen LogP contribution is 2.14. The average Bonchev–Trinajstić information content (AvgIpc) is 2.63. The van der Waals surface area contributed by atoms with Crippen LogP contribution >= 0.6 is 11.8 Å². The molecule has 1 aromatic carbocycles. The summed E-state index contributed by atoms with van der Waals surface area (Å²) in [5.41, 5.74) is 1.21. The summed E-state index contributed by atoms with van der Waals surface area (Å²) in [5.74, 6) is 2.26. The van der Waals surface area contributed by atoms with Gasteiger partial charge in [-0.25, -0.2) is 0 Å². The maximum Gasteiger partial charge on any atom is 0.253 e. The summed E-state index contributed by atoms with van der Waals surface area (Å²) in [5, 5.41) is 0. The normalized spacial score (nSPS) is 23.3. The number of carbonyl (C=O) groups excluding carboxylic acids is 1. The van der Waals surface area contributed by atoms with Crippen molar-refractivity contribution >= 4 is 23.7 Å². The van der Waals surface area contributed by atoms with Crippen molar-refractivity contribution in [1.29, 1.82) is 0 Å². The number of ether oxygens (including phenoxy) is 1. The van der Waals surface area contributed by atoms with Gasteiger partial charge in [-0.1, -0.05) is 42.5 Å². The van der Waals surface area contributed by atoms with Crippen LogP contribution in [0.4, 0.5) is 0 Å². The first-order valence-corrected chi connectivity index (χ1v) is 9.40. The molecule has 2 aliphatic heterocycles. The van der Waals surface area contributed by atoms with E-state index in [-0.39, 0.29) is 12.0 Å². The predicted octanol–water partition coefficient (Wildman–Crippen LogP) is 1.98. The molecule has 2 heterocycles. The van der Waals surface area contributed by atoms with Gasteiger partial charge in [0.25, 0.3) is 5.91 Å². The number of carbonyl (C=O) groups is 1. The van der Waals surface area contributed by atoms with Crippen LogP contribution in [0.15, 0.2) is 36.4 Å². The molecule has 2 aliphatic rings. The van der Waals surface area contributed by atoms with E-state index in [0.717, 1.165) is 37.7 Å². The standard InChI is InChI=1S/C18H24N2O2S/c21-18(20-10-13-23-14-11-20)17-15-19(9-12-22-17)8-4-7-16-5-2-1-3-6-16/h1-7,17H,8-15H2. The van der Waals surface area contributed by atoms with Crippen LogP contribution in [-0.2, 0) is 9.53 Å². The van der Waals surface area contributed by atoms with Crippen LogP contribution in [0.2, 0.25) is 0 Å². The molecule has 5 heteroatoms. The van der Waals surface area contributed by atoms with Crippen molar-refractivity contribution in [2.45, 2.75) is 6.10 Å². The Labute approximate surface area is 142 Å². The van der Waals surface area contributed by atoms with Gasteiger partial charge in [0.15, 0.2) is 0 Å². The fourth-order valence-electron chi connectivity index (χ4n) is 2.91. The third kappa shape index (κ3) is 4.83. The Hall–Kier alpha value is -1.30. The minimum absolute atomic E-state index is 0.169. The fraction of sp³-hybridized carbons (Fsp3) is 0.500. The molecule has 1 aromatic rings. The summed E-state index contributed by atoms with van der Waals surface area (Å²) in [6, 6.07) is 10.3. The molecule has 0 aliphatic carbocycles. The van der Waals surface area contributed by atoms with Crippen LogP contribution in [0.25, 0.3) is 6.08 Å². The van der Waals surface area contributed by atoms with Gasteiger partial charge in [-0.3, -0.25) is 9.69 Å². The van der Waals surface area contributed by atoms with E-state index in [0.29, 0.717) is 13.2 Å². The highest BCUT2D eigenvalue weighted by Gasteiger charge is 2.30. The van der Waals surface area contributed by atoms with Gasteiger partial charge in [0, 0.05) is 44.2 Å². The van der Waals surface area contributed by atoms with Crippen LogP contribution in [-0.4, -0.2) is 72.6 Å². The van der Waals surface area contributed by atoms with E-state index in [2.05, 4.69) is 29.2 Å². The lowest BCUT2D eigenvalue weighted by Crippen LogP contribution is -2.52. The number of rotatable bonds is 4. The third-order valence-corrected chi connectivity index (χ3v) is 5.16. The van der Waals surface area contributed by atoms with Crippen LogP contribution in [0.1, 0.15) is 5.56 Å². The predicted molar refractivity (Wildman–Crippen MR) is 95.6 cm³/mol. The van der Waals surface area contributed by atoms with Gasteiger partial charge in [-0.2, -0.15) is 11.8 Å². The van der Waals surface area contributed by atoms with Crippen LogP contribution in [0.5, 0.6) is 0 Å². The SMILES string of the molecule is O=C(C1CN(CC=Cc2ccccc2)CCO1)N1CCSCC1. The molecule has 2 fully saturated rings. The van der Waals surface area contributed by atoms with E-state index < -0.39 is 0 Å². The summed E-state index contributed by atoms with van der Waals surface area (Å²) >= 11 is 1.92. The van der Waals surface area contributed by atoms with E-state index in [1.54, 1.807) is 0 Å². The van der Waals surface area contributed by atoms with Crippen LogP contribution in [0, 0.1) is 0 Å². The molecule has 0 aromatic heterocycles. The van der Waals surface area contributed by atoms with Gasteiger partial charge in [-0.15, -0.1) is 0 Å². The Bertz CT molecular complexity index is 529. The second kappa shape index (κ2) is 8.52. The molecule has 0 saturated carbocycles. The summed E-state index contributed by atoms with van der Waals surface area (Å²) in [6.07, 6.45) is 4.01. The van der Waals surface area contributed by atoms with Crippen molar-refractivity contribution < 1.29 is 9.53 Å². The Kier molecular flexibility index (Phi) is 6.13. The first-order valence-electron chi connectivity index (χ1n) is 8.25. The van der Waals surface area contributed by atoms with Crippen molar-refractivity contribution in [2.24, 2.45) is 0 Å². The molecular weight excluding hydrogens is 308 g/mol. The Morgan fingerprint density at radius 2 is 2.00 bits per heavy atom. The number of amides is 1. The lowest BCUT2D eigenvalue weighted by Gasteiger charge is -2.35. The summed E-state index contributed by atoms with van der Waals surface area (Å²) in [4.78, 5) is 16.8. The molecule has 2 saturated heterocycles. The van der Waals surface area contributed by atoms with Gasteiger partial charge >= 0.3 is 0 Å². The lowest BCUT2D eigenvalue weighted by molar-refractivity contribution is -0.148. The maximum atomic E-state index is 12.5. The van der Waals surface area contributed by atoms with Gasteiger partial charge in [0.2, 0.25) is 0 Å². The highest BCUT2D eigenvalue weighted by atomic mass is 32.2. The van der Waals surface area contributed by atoms with Gasteiger partial charge in [0.1, 0.15) is 6.10 Å². The number of hydrogen-bond acceptors (Lipinski definition) is 4. The second-order valence-electron chi connectivity index (χ2n) is 5.87. The molecule has 0 spiro atoms. The number of hydrogen-bond donors (Lipinski definition) is 0. The zero-order valence-electron chi connectivity index (χ0n) is 13.4. The fourth-order valence-corrected chi connectivity index (χ4v) is 3.81. The molecule has 0 N–H and O–H groups in total. The van der Waals surface area contributed by atoms with E-state index in [1.807, 2.05) is 34.9 Å². The molecule has 1 atom stereocenters. The molecular formula is C18H24N2O2S. The van der Waals surface area contributed by atoms with Crippen molar-refractivity contribution in [1.82, 2.24) is 9.80 Å². The number of nitrogens with zero attached hydrogens (tertiary/aromatic N) is 2. The summed E-state index contributed by atoms with van der Waals surface area (Å²) in [6.45, 7) is 4.80. The molecule has 0 bridgehead atoms. The van der Waals surface area contributed by atoms with E-state index >= 15 is 0 Å². The molecule has 1 unspecified atom stereocenters. The van der Waals surface area contributed by atoms with E-state index in [9.17, 15) is 4.79 Å². The van der Waals surface area contributed by atoms with Crippen molar-refractivity contribution in [3.8, 4) is 0 Å². The first-order chi connectivity index (χ1) is 11.3. The second-order valence-corrected chi connectivity index (χ2v) is 7.09. The monoisotopic (exact) mass is 332 g/mol. The first kappa shape index (κ1) is 16.6. The number of benzene rings is 1. The van der Waals surface area contributed by atoms with E-state index in [1.165, 1.54) is 5.56 Å². The Balaban J connectivity index is 1.49. The topological polar surface area (TPSA) is 32.8 Å². The van der Waals surface area contributed by atoms with Crippen molar-refractivity contribution in [3.63, 3.8) is 0 Å². The molecule has 23 heavy (non-hydrogen) atoms. The van der Waals surface area contributed by atoms with Gasteiger partial charge < -0.3 is 9.64 Å². The zero-order valence-corrected chi connectivity index (χ0v) is 14.2. The van der Waals surface area contributed by atoms with Crippen LogP contribution in [0.3, 0.4) is 0 Å². The minimum Gasteiger partial charge on any atom is -0.366 e. The molecule has 3 rings (SSSR count). The van der Waals surface area contributed by atoms with Gasteiger partial charge in [0.05, 0.1) is 6.61 Å². The molecule has 124 valence electrons. The summed E-state index contributed by atoms with van der Waals surface area (Å²) < 4.78 is 5.72. The quantitative estimate of drug-likeness (QED) is 0.844. The largest absolute Gasteiger partial charge is 0.366 e. The number of morpholine rings is 1. The summed E-state index contributed by atoms with van der Waals surface area (Å²) in [7, 11) is 0. The minimum atomic E-state index is -0.294. The molecule has 1 amide bonds. The highest BCUT2D eigenvalue weighted by molar-refractivity contribution is 7.99. The van der Waals surface area contributed by atoms with Gasteiger partial charge in [-0.05, 0) is 5.56 Å². The Morgan fingerprint density at radius 3 is 2.78 bits per heavy atom. The van der Waals surface area contributed by atoms with Crippen molar-refractivity contribution in [3.05, 3.63) is 42.0 Å². The average molecular weight is 332 g/mol. The third-order valence-electron chi connectivity index (χ3n) is 4.22. The Morgan fingerprint density at radius 1 is 1.22 bits per heavy atom. The van der Waals surface area contributed by atoms with Crippen molar-refractivity contribution in [2.75, 3.05) is 50.8 Å². The lowest BCUT2D eigenvalue weighted by atomic mass is 10.2. The van der Waals surface area contributed by atoms with Crippen LogP contribution < -0.4 is 0 Å². The smallest absolute Gasteiger partial charge is 0.253 e. The maximum absolute atomic E-state index is 12.5. The molecule has 4 nitrogen and oxygen atoms in total. The van der Waals surface area contributed by atoms with E-state index in [4.69, 9.17) is 4.74 Å². The zero-order chi connectivity index (χ0) is 15.9. The molecule has 0 radical (unpaired) electrons. The number of thioether (sulfide) groups is 1.